The smallest absolute Gasteiger partial charge is 0.433 e. The summed E-state index contributed by atoms with van der Waals surface area (Å²) in [4.78, 5) is 10.9. The third kappa shape index (κ3) is 7.16. The zero-order chi connectivity index (χ0) is 25.9. The summed E-state index contributed by atoms with van der Waals surface area (Å²) < 4.78 is 107. The van der Waals surface area contributed by atoms with Crippen molar-refractivity contribution in [2.24, 2.45) is 0 Å². The molecule has 0 unspecified atom stereocenters. The fourth-order valence-corrected chi connectivity index (χ4v) is 3.35. The third-order valence-corrected chi connectivity index (χ3v) is 5.59. The summed E-state index contributed by atoms with van der Waals surface area (Å²) in [6.07, 6.45) is -7.25. The first-order chi connectivity index (χ1) is 16.3. The quantitative estimate of drug-likeness (QED) is 0.377. The Balaban J connectivity index is 1.87. The molecule has 0 spiro atoms. The molecule has 0 saturated heterocycles. The van der Waals surface area contributed by atoms with E-state index in [0.29, 0.717) is 0 Å². The first-order valence-corrected chi connectivity index (χ1v) is 10.9. The Kier molecular flexibility index (Phi) is 7.35. The van der Waals surface area contributed by atoms with Gasteiger partial charge in [-0.3, -0.25) is 0 Å². The Morgan fingerprint density at radius 3 is 2.17 bits per heavy atom. The van der Waals surface area contributed by atoms with E-state index >= 15 is 0 Å². The Morgan fingerprint density at radius 1 is 0.914 bits per heavy atom. The second kappa shape index (κ2) is 9.91. The SMILES string of the molecule is CNS(=O)(=O)c1ccc(OCC(F)(F)F)c(Nc2cc(Nc3ccc(C(F)(F)F)nc3)ncn2)c1. The number of anilines is 4. The van der Waals surface area contributed by atoms with Gasteiger partial charge in [-0.25, -0.2) is 28.1 Å². The van der Waals surface area contributed by atoms with E-state index < -0.39 is 34.7 Å². The molecule has 0 aliphatic carbocycles. The lowest BCUT2D eigenvalue weighted by atomic mass is 10.3. The van der Waals surface area contributed by atoms with Gasteiger partial charge in [-0.1, -0.05) is 0 Å². The van der Waals surface area contributed by atoms with Gasteiger partial charge in [0.2, 0.25) is 10.0 Å². The maximum Gasteiger partial charge on any atom is 0.433 e. The zero-order valence-corrected chi connectivity index (χ0v) is 18.4. The minimum absolute atomic E-state index is 0.0123. The topological polar surface area (TPSA) is 118 Å². The summed E-state index contributed by atoms with van der Waals surface area (Å²) in [5.74, 6) is -0.198. The van der Waals surface area contributed by atoms with Crippen LogP contribution in [0.2, 0.25) is 0 Å². The van der Waals surface area contributed by atoms with Crippen LogP contribution in [0.3, 0.4) is 0 Å². The minimum atomic E-state index is -4.64. The summed E-state index contributed by atoms with van der Waals surface area (Å²) >= 11 is 0. The van der Waals surface area contributed by atoms with E-state index in [9.17, 15) is 34.8 Å². The number of aromatic nitrogens is 3. The highest BCUT2D eigenvalue weighted by molar-refractivity contribution is 7.89. The number of benzene rings is 1. The van der Waals surface area contributed by atoms with Crippen molar-refractivity contribution in [2.75, 3.05) is 24.3 Å². The van der Waals surface area contributed by atoms with Gasteiger partial charge in [-0.05, 0) is 37.4 Å². The highest BCUT2D eigenvalue weighted by Crippen LogP contribution is 2.32. The number of halogens is 6. The number of rotatable bonds is 8. The van der Waals surface area contributed by atoms with Crippen molar-refractivity contribution in [3.8, 4) is 5.75 Å². The fraction of sp³-hybridized carbons (Fsp3) is 0.211. The number of nitrogens with zero attached hydrogens (tertiary/aromatic N) is 3. The predicted octanol–water partition coefficient (Wildman–Crippen LogP) is 4.23. The molecule has 0 aliphatic rings. The van der Waals surface area contributed by atoms with Crippen LogP contribution in [0.25, 0.3) is 0 Å². The van der Waals surface area contributed by atoms with E-state index in [1.807, 2.05) is 0 Å². The molecule has 188 valence electrons. The van der Waals surface area contributed by atoms with Crippen molar-refractivity contribution < 1.29 is 39.5 Å². The number of pyridine rings is 1. The number of hydrogen-bond acceptors (Lipinski definition) is 8. The molecule has 0 amide bonds. The van der Waals surface area contributed by atoms with Crippen LogP contribution < -0.4 is 20.1 Å². The number of hydrogen-bond donors (Lipinski definition) is 3. The summed E-state index contributed by atoms with van der Waals surface area (Å²) in [6.45, 7) is -1.63. The summed E-state index contributed by atoms with van der Waals surface area (Å²) in [6, 6.07) is 6.33. The second-order valence-corrected chi connectivity index (χ2v) is 8.62. The highest BCUT2D eigenvalue weighted by atomic mass is 32.2. The van der Waals surface area contributed by atoms with Crippen molar-refractivity contribution in [2.45, 2.75) is 17.2 Å². The highest BCUT2D eigenvalue weighted by Gasteiger charge is 2.32. The van der Waals surface area contributed by atoms with Crippen molar-refractivity contribution in [1.29, 1.82) is 0 Å². The number of alkyl halides is 6. The first-order valence-electron chi connectivity index (χ1n) is 9.43. The van der Waals surface area contributed by atoms with Crippen LogP contribution in [0.15, 0.2) is 53.8 Å². The molecule has 1 aromatic carbocycles. The van der Waals surface area contributed by atoms with E-state index in [-0.39, 0.29) is 33.7 Å². The van der Waals surface area contributed by atoms with Crippen LogP contribution >= 0.6 is 0 Å². The number of sulfonamides is 1. The monoisotopic (exact) mass is 522 g/mol. The molecular formula is C19H16F6N6O3S. The Hall–Kier alpha value is -3.66. The molecule has 3 aromatic rings. The molecule has 2 aromatic heterocycles. The summed E-state index contributed by atoms with van der Waals surface area (Å²) in [5.41, 5.74) is -1.07. The van der Waals surface area contributed by atoms with Crippen LogP contribution in [-0.2, 0) is 16.2 Å². The van der Waals surface area contributed by atoms with Crippen molar-refractivity contribution in [1.82, 2.24) is 19.7 Å². The molecule has 2 heterocycles. The van der Waals surface area contributed by atoms with Crippen LogP contribution in [0, 0.1) is 0 Å². The lowest BCUT2D eigenvalue weighted by Crippen LogP contribution is -2.20. The fourth-order valence-electron chi connectivity index (χ4n) is 2.59. The third-order valence-electron chi connectivity index (χ3n) is 4.18. The lowest BCUT2D eigenvalue weighted by Gasteiger charge is -2.16. The van der Waals surface area contributed by atoms with Crippen LogP contribution in [0.1, 0.15) is 5.69 Å². The molecule has 0 aliphatic heterocycles. The Bertz CT molecular complexity index is 1280. The molecule has 9 nitrogen and oxygen atoms in total. The van der Waals surface area contributed by atoms with Gasteiger partial charge in [-0.2, -0.15) is 26.3 Å². The van der Waals surface area contributed by atoms with Crippen LogP contribution in [0.5, 0.6) is 5.75 Å². The largest absolute Gasteiger partial charge is 0.482 e. The van der Waals surface area contributed by atoms with E-state index in [0.717, 1.165) is 49.9 Å². The van der Waals surface area contributed by atoms with Crippen molar-refractivity contribution in [3.05, 3.63) is 54.6 Å². The van der Waals surface area contributed by atoms with Crippen LogP contribution in [-0.4, -0.2) is 43.2 Å². The minimum Gasteiger partial charge on any atom is -0.482 e. The molecule has 3 rings (SSSR count). The lowest BCUT2D eigenvalue weighted by molar-refractivity contribution is -0.153. The molecule has 16 heteroatoms. The van der Waals surface area contributed by atoms with Gasteiger partial charge >= 0.3 is 12.4 Å². The average molecular weight is 522 g/mol. The van der Waals surface area contributed by atoms with E-state index in [4.69, 9.17) is 4.74 Å². The van der Waals surface area contributed by atoms with Gasteiger partial charge in [-0.15, -0.1) is 0 Å². The normalized spacial score (nSPS) is 12.3. The predicted molar refractivity (Wildman–Crippen MR) is 112 cm³/mol. The average Bonchev–Trinajstić information content (AvgIpc) is 2.77. The standard InChI is InChI=1S/C19H16F6N6O3S/c1-26-35(32,33)12-3-4-14(34-9-18(20,21)22)13(6-12)31-17-7-16(28-10-29-17)30-11-2-5-15(27-8-11)19(23,24)25/h2-8,10,26H,9H2,1H3,(H2,28,29,30,31). The van der Waals surface area contributed by atoms with E-state index in [1.165, 1.54) is 6.07 Å². The molecular weight excluding hydrogens is 506 g/mol. The van der Waals surface area contributed by atoms with Gasteiger partial charge < -0.3 is 15.4 Å². The Morgan fingerprint density at radius 2 is 1.60 bits per heavy atom. The first kappa shape index (κ1) is 26.0. The summed E-state index contributed by atoms with van der Waals surface area (Å²) in [7, 11) is -2.77. The van der Waals surface area contributed by atoms with Gasteiger partial charge in [0.1, 0.15) is 29.4 Å². The molecule has 3 N–H and O–H groups in total. The van der Waals surface area contributed by atoms with Crippen molar-refractivity contribution in [3.63, 3.8) is 0 Å². The van der Waals surface area contributed by atoms with Gasteiger partial charge in [0.25, 0.3) is 0 Å². The van der Waals surface area contributed by atoms with E-state index in [1.54, 1.807) is 0 Å². The number of nitrogens with one attached hydrogen (secondary N) is 3. The molecule has 0 radical (unpaired) electrons. The van der Waals surface area contributed by atoms with Gasteiger partial charge in [0.05, 0.1) is 22.5 Å². The summed E-state index contributed by atoms with van der Waals surface area (Å²) in [5, 5.41) is 5.37. The van der Waals surface area contributed by atoms with Crippen molar-refractivity contribution >= 4 is 33.0 Å². The molecule has 35 heavy (non-hydrogen) atoms. The molecule has 0 atom stereocenters. The zero-order valence-electron chi connectivity index (χ0n) is 17.6. The van der Waals surface area contributed by atoms with Gasteiger partial charge in [0, 0.05) is 6.07 Å². The van der Waals surface area contributed by atoms with E-state index in [2.05, 4.69) is 30.3 Å². The van der Waals surface area contributed by atoms with Gasteiger partial charge in [0.15, 0.2) is 6.61 Å². The maximum absolute atomic E-state index is 12.7. The number of ether oxygens (including phenoxy) is 1. The molecule has 0 fully saturated rings. The molecule has 0 saturated carbocycles. The molecule has 0 bridgehead atoms. The Labute approximate surface area is 194 Å². The maximum atomic E-state index is 12.7. The second-order valence-electron chi connectivity index (χ2n) is 6.74. The van der Waals surface area contributed by atoms with Crippen LogP contribution in [0.4, 0.5) is 49.4 Å².